The lowest BCUT2D eigenvalue weighted by Crippen LogP contribution is -2.13. The van der Waals surface area contributed by atoms with E-state index >= 15 is 0 Å². The van der Waals surface area contributed by atoms with Crippen LogP contribution in [0.25, 0.3) is 11.0 Å². The summed E-state index contributed by atoms with van der Waals surface area (Å²) in [7, 11) is 0. The fourth-order valence-corrected chi connectivity index (χ4v) is 1.93. The second-order valence-electron chi connectivity index (χ2n) is 4.17. The van der Waals surface area contributed by atoms with Crippen LogP contribution in [0, 0.1) is 16.7 Å². The molecule has 1 aromatic heterocycles. The summed E-state index contributed by atoms with van der Waals surface area (Å²) in [5.41, 5.74) is 0.460. The molecule has 3 nitrogen and oxygen atoms in total. The number of rotatable bonds is 2. The van der Waals surface area contributed by atoms with Crippen molar-refractivity contribution in [2.45, 2.75) is 12.8 Å². The van der Waals surface area contributed by atoms with Crippen molar-refractivity contribution in [3.05, 3.63) is 36.1 Å². The maximum atomic E-state index is 12.2. The Labute approximate surface area is 92.3 Å². The van der Waals surface area contributed by atoms with Crippen LogP contribution < -0.4 is 0 Å². The molecule has 1 heterocycles. The van der Waals surface area contributed by atoms with E-state index in [2.05, 4.69) is 6.07 Å². The molecular weight excluding hydrogens is 202 g/mol. The van der Waals surface area contributed by atoms with Crippen molar-refractivity contribution in [1.29, 1.82) is 5.26 Å². The summed E-state index contributed by atoms with van der Waals surface area (Å²) in [6.45, 7) is 0. The van der Waals surface area contributed by atoms with E-state index in [4.69, 9.17) is 9.68 Å². The average Bonchev–Trinajstić information content (AvgIpc) is 3.02. The van der Waals surface area contributed by atoms with Gasteiger partial charge in [-0.3, -0.25) is 4.79 Å². The van der Waals surface area contributed by atoms with E-state index < -0.39 is 5.41 Å². The van der Waals surface area contributed by atoms with Crippen LogP contribution in [0.3, 0.4) is 0 Å². The summed E-state index contributed by atoms with van der Waals surface area (Å²) in [4.78, 5) is 12.2. The van der Waals surface area contributed by atoms with Crippen molar-refractivity contribution in [3.63, 3.8) is 0 Å². The van der Waals surface area contributed by atoms with Gasteiger partial charge in [0.05, 0.1) is 11.6 Å². The molecule has 0 bridgehead atoms. The van der Waals surface area contributed by atoms with Gasteiger partial charge in [0.15, 0.2) is 5.78 Å². The average molecular weight is 211 g/mol. The SMILES string of the molecule is N#CC1(C(=O)c2coc3ccccc23)CC1. The largest absolute Gasteiger partial charge is 0.464 e. The van der Waals surface area contributed by atoms with Crippen molar-refractivity contribution in [2.75, 3.05) is 0 Å². The first-order valence-electron chi connectivity index (χ1n) is 5.19. The summed E-state index contributed by atoms with van der Waals surface area (Å²) in [5.74, 6) is -0.0973. The highest BCUT2D eigenvalue weighted by Crippen LogP contribution is 2.48. The molecule has 0 spiro atoms. The number of nitriles is 1. The highest BCUT2D eigenvalue weighted by Gasteiger charge is 2.51. The molecular formula is C13H9NO2. The number of carbonyl (C=O) groups excluding carboxylic acids is 1. The zero-order valence-corrected chi connectivity index (χ0v) is 8.56. The van der Waals surface area contributed by atoms with Crippen LogP contribution in [0.15, 0.2) is 34.9 Å². The fraction of sp³-hybridized carbons (Fsp3) is 0.231. The Morgan fingerprint density at radius 2 is 2.12 bits per heavy atom. The van der Waals surface area contributed by atoms with Gasteiger partial charge < -0.3 is 4.42 Å². The first-order chi connectivity index (χ1) is 7.77. The van der Waals surface area contributed by atoms with Gasteiger partial charge in [-0.25, -0.2) is 0 Å². The molecule has 0 saturated heterocycles. The van der Waals surface area contributed by atoms with Crippen molar-refractivity contribution in [3.8, 4) is 6.07 Å². The molecule has 2 aromatic rings. The Morgan fingerprint density at radius 1 is 1.38 bits per heavy atom. The second kappa shape index (κ2) is 2.96. The lowest BCUT2D eigenvalue weighted by atomic mass is 9.96. The Morgan fingerprint density at radius 3 is 2.81 bits per heavy atom. The number of hydrogen-bond donors (Lipinski definition) is 0. The van der Waals surface area contributed by atoms with E-state index in [-0.39, 0.29) is 5.78 Å². The van der Waals surface area contributed by atoms with Crippen LogP contribution in [0.1, 0.15) is 23.2 Å². The Hall–Kier alpha value is -2.08. The summed E-state index contributed by atoms with van der Waals surface area (Å²) in [6, 6.07) is 9.50. The minimum Gasteiger partial charge on any atom is -0.464 e. The maximum Gasteiger partial charge on any atom is 0.186 e. The monoisotopic (exact) mass is 211 g/mol. The Balaban J connectivity index is 2.14. The number of carbonyl (C=O) groups is 1. The van der Waals surface area contributed by atoms with Gasteiger partial charge in [-0.05, 0) is 18.9 Å². The Kier molecular flexibility index (Phi) is 1.69. The predicted octanol–water partition coefficient (Wildman–Crippen LogP) is 2.92. The molecule has 0 amide bonds. The van der Waals surface area contributed by atoms with Crippen LogP contribution in [-0.2, 0) is 0 Å². The van der Waals surface area contributed by atoms with E-state index in [0.717, 1.165) is 5.39 Å². The maximum absolute atomic E-state index is 12.2. The summed E-state index contributed by atoms with van der Waals surface area (Å²) in [5, 5.41) is 9.80. The number of benzene rings is 1. The van der Waals surface area contributed by atoms with Crippen LogP contribution in [-0.4, -0.2) is 5.78 Å². The lowest BCUT2D eigenvalue weighted by Gasteiger charge is -2.01. The summed E-state index contributed by atoms with van der Waals surface area (Å²) >= 11 is 0. The molecule has 1 fully saturated rings. The molecule has 0 unspecified atom stereocenters. The zero-order chi connectivity index (χ0) is 11.2. The topological polar surface area (TPSA) is 54.0 Å². The number of Topliss-reactive ketones (excluding diaryl/α,β-unsaturated/α-hetero) is 1. The molecule has 3 rings (SSSR count). The fourth-order valence-electron chi connectivity index (χ4n) is 1.93. The second-order valence-corrected chi connectivity index (χ2v) is 4.17. The van der Waals surface area contributed by atoms with Crippen LogP contribution in [0.2, 0.25) is 0 Å². The van der Waals surface area contributed by atoms with Gasteiger partial charge in [-0.15, -0.1) is 0 Å². The number of nitrogens with zero attached hydrogens (tertiary/aromatic N) is 1. The van der Waals surface area contributed by atoms with E-state index in [1.807, 2.05) is 24.3 Å². The van der Waals surface area contributed by atoms with Gasteiger partial charge in [0, 0.05) is 5.39 Å². The third-order valence-corrected chi connectivity index (χ3v) is 3.12. The standard InChI is InChI=1S/C13H9NO2/c14-8-13(5-6-13)12(15)10-7-16-11-4-2-1-3-9(10)11/h1-4,7H,5-6H2. The van der Waals surface area contributed by atoms with Crippen molar-refractivity contribution in [1.82, 2.24) is 0 Å². The van der Waals surface area contributed by atoms with E-state index in [1.54, 1.807) is 0 Å². The molecule has 0 atom stereocenters. The number of ketones is 1. The quantitative estimate of drug-likeness (QED) is 0.717. The van der Waals surface area contributed by atoms with E-state index in [1.165, 1.54) is 6.26 Å². The molecule has 3 heteroatoms. The molecule has 16 heavy (non-hydrogen) atoms. The highest BCUT2D eigenvalue weighted by molar-refractivity contribution is 6.12. The molecule has 0 radical (unpaired) electrons. The smallest absolute Gasteiger partial charge is 0.186 e. The number of hydrogen-bond acceptors (Lipinski definition) is 3. The van der Waals surface area contributed by atoms with Gasteiger partial charge in [0.2, 0.25) is 0 Å². The highest BCUT2D eigenvalue weighted by atomic mass is 16.3. The van der Waals surface area contributed by atoms with Gasteiger partial charge in [-0.1, -0.05) is 18.2 Å². The minimum atomic E-state index is -0.771. The van der Waals surface area contributed by atoms with Gasteiger partial charge >= 0.3 is 0 Å². The predicted molar refractivity (Wildman–Crippen MR) is 57.8 cm³/mol. The normalized spacial score (nSPS) is 16.9. The molecule has 1 aliphatic rings. The minimum absolute atomic E-state index is 0.0973. The first-order valence-corrected chi connectivity index (χ1v) is 5.19. The molecule has 0 N–H and O–H groups in total. The molecule has 1 aliphatic carbocycles. The number of fused-ring (bicyclic) bond motifs is 1. The van der Waals surface area contributed by atoms with Gasteiger partial charge in [0.25, 0.3) is 0 Å². The third-order valence-electron chi connectivity index (χ3n) is 3.12. The van der Waals surface area contributed by atoms with Crippen LogP contribution in [0.4, 0.5) is 0 Å². The molecule has 78 valence electrons. The lowest BCUT2D eigenvalue weighted by molar-refractivity contribution is 0.0935. The zero-order valence-electron chi connectivity index (χ0n) is 8.56. The van der Waals surface area contributed by atoms with E-state index in [9.17, 15) is 4.79 Å². The summed E-state index contributed by atoms with van der Waals surface area (Å²) < 4.78 is 5.31. The molecule has 1 aromatic carbocycles. The van der Waals surface area contributed by atoms with Gasteiger partial charge in [0.1, 0.15) is 17.3 Å². The van der Waals surface area contributed by atoms with Crippen LogP contribution in [0.5, 0.6) is 0 Å². The number of furan rings is 1. The van der Waals surface area contributed by atoms with Gasteiger partial charge in [-0.2, -0.15) is 5.26 Å². The van der Waals surface area contributed by atoms with Crippen molar-refractivity contribution >= 4 is 16.8 Å². The molecule has 1 saturated carbocycles. The number of para-hydroxylation sites is 1. The van der Waals surface area contributed by atoms with Crippen molar-refractivity contribution in [2.24, 2.45) is 5.41 Å². The van der Waals surface area contributed by atoms with Crippen LogP contribution >= 0.6 is 0 Å². The van der Waals surface area contributed by atoms with E-state index in [0.29, 0.717) is 24.0 Å². The van der Waals surface area contributed by atoms with Crippen molar-refractivity contribution < 1.29 is 9.21 Å². The first kappa shape index (κ1) is 9.17. The molecule has 0 aliphatic heterocycles. The Bertz CT molecular complexity index is 614. The summed E-state index contributed by atoms with van der Waals surface area (Å²) in [6.07, 6.45) is 2.80. The third kappa shape index (κ3) is 1.10.